The highest BCUT2D eigenvalue weighted by atomic mass is 16.5. The highest BCUT2D eigenvalue weighted by Crippen LogP contribution is 2.31. The van der Waals surface area contributed by atoms with Gasteiger partial charge in [-0.25, -0.2) is 4.98 Å². The third-order valence-electron chi connectivity index (χ3n) is 4.54. The van der Waals surface area contributed by atoms with E-state index in [1.165, 1.54) is 12.0 Å². The van der Waals surface area contributed by atoms with E-state index < -0.39 is 0 Å². The van der Waals surface area contributed by atoms with Crippen LogP contribution in [0.5, 0.6) is 0 Å². The standard InChI is InChI=1S/C18H17N5O2/c1-12-2-4-13(5-3-12)16-21-17(25-22-16)14-6-8-23(9-7-14)18-15(10-19)20-11-24-18/h2-5,11,14H,6-9H2,1H3. The van der Waals surface area contributed by atoms with Crippen molar-refractivity contribution in [2.75, 3.05) is 18.0 Å². The number of nitrogens with zero attached hydrogens (tertiary/aromatic N) is 5. The van der Waals surface area contributed by atoms with Crippen LogP contribution in [0.15, 0.2) is 39.6 Å². The molecule has 2 aromatic heterocycles. The van der Waals surface area contributed by atoms with E-state index in [0.29, 0.717) is 23.3 Å². The zero-order valence-electron chi connectivity index (χ0n) is 13.8. The third kappa shape index (κ3) is 2.98. The Hall–Kier alpha value is -3.14. The van der Waals surface area contributed by atoms with Gasteiger partial charge in [0.2, 0.25) is 23.3 Å². The summed E-state index contributed by atoms with van der Waals surface area (Å²) in [6.07, 6.45) is 3.04. The molecule has 0 unspecified atom stereocenters. The average Bonchev–Trinajstić information content (AvgIpc) is 3.32. The minimum Gasteiger partial charge on any atom is -0.426 e. The summed E-state index contributed by atoms with van der Waals surface area (Å²) in [5.74, 6) is 2.07. The van der Waals surface area contributed by atoms with Crippen LogP contribution in [-0.2, 0) is 0 Å². The molecule has 3 heterocycles. The van der Waals surface area contributed by atoms with Crippen LogP contribution in [0, 0.1) is 18.3 Å². The number of hydrogen-bond acceptors (Lipinski definition) is 7. The third-order valence-corrected chi connectivity index (χ3v) is 4.54. The summed E-state index contributed by atoms with van der Waals surface area (Å²) in [4.78, 5) is 10.5. The van der Waals surface area contributed by atoms with Gasteiger partial charge in [0.25, 0.3) is 0 Å². The molecular formula is C18H17N5O2. The molecule has 1 aliphatic rings. The van der Waals surface area contributed by atoms with Crippen LogP contribution in [0.4, 0.5) is 5.88 Å². The lowest BCUT2D eigenvalue weighted by Gasteiger charge is -2.29. The van der Waals surface area contributed by atoms with Crippen LogP contribution in [0.1, 0.15) is 35.9 Å². The monoisotopic (exact) mass is 335 g/mol. The number of anilines is 1. The molecule has 4 rings (SSSR count). The maximum Gasteiger partial charge on any atom is 0.234 e. The summed E-state index contributed by atoms with van der Waals surface area (Å²) in [6.45, 7) is 3.57. The number of rotatable bonds is 3. The van der Waals surface area contributed by atoms with Gasteiger partial charge in [-0.05, 0) is 19.8 Å². The second-order valence-corrected chi connectivity index (χ2v) is 6.20. The molecule has 1 aliphatic heterocycles. The van der Waals surface area contributed by atoms with Crippen molar-refractivity contribution in [3.05, 3.63) is 47.8 Å². The summed E-state index contributed by atoms with van der Waals surface area (Å²) in [7, 11) is 0. The smallest absolute Gasteiger partial charge is 0.234 e. The Bertz CT molecular complexity index is 898. The van der Waals surface area contributed by atoms with Gasteiger partial charge in [0.15, 0.2) is 6.39 Å². The Morgan fingerprint density at radius 3 is 2.68 bits per heavy atom. The fourth-order valence-corrected chi connectivity index (χ4v) is 3.09. The normalized spacial score (nSPS) is 15.3. The number of aromatic nitrogens is 3. The maximum absolute atomic E-state index is 9.06. The fraction of sp³-hybridized carbons (Fsp3) is 0.333. The van der Waals surface area contributed by atoms with Crippen molar-refractivity contribution in [1.29, 1.82) is 5.26 Å². The van der Waals surface area contributed by atoms with E-state index in [-0.39, 0.29) is 5.92 Å². The Morgan fingerprint density at radius 1 is 1.20 bits per heavy atom. The molecule has 126 valence electrons. The van der Waals surface area contributed by atoms with Gasteiger partial charge in [-0.3, -0.25) is 0 Å². The number of benzene rings is 1. The van der Waals surface area contributed by atoms with Crippen LogP contribution in [0.25, 0.3) is 11.4 Å². The SMILES string of the molecule is Cc1ccc(-c2noc(C3CCN(c4ocnc4C#N)CC3)n2)cc1. The van der Waals surface area contributed by atoms with E-state index in [1.807, 2.05) is 36.1 Å². The number of piperidine rings is 1. The van der Waals surface area contributed by atoms with Crippen molar-refractivity contribution in [2.24, 2.45) is 0 Å². The van der Waals surface area contributed by atoms with E-state index in [1.54, 1.807) is 0 Å². The van der Waals surface area contributed by atoms with Gasteiger partial charge >= 0.3 is 0 Å². The molecule has 0 radical (unpaired) electrons. The molecular weight excluding hydrogens is 318 g/mol. The van der Waals surface area contributed by atoms with Gasteiger partial charge in [-0.2, -0.15) is 10.2 Å². The first kappa shape index (κ1) is 15.4. The molecule has 1 aromatic carbocycles. The molecule has 0 bridgehead atoms. The van der Waals surface area contributed by atoms with Crippen molar-refractivity contribution in [1.82, 2.24) is 15.1 Å². The van der Waals surface area contributed by atoms with Crippen LogP contribution in [0.2, 0.25) is 0 Å². The van der Waals surface area contributed by atoms with E-state index in [9.17, 15) is 0 Å². The largest absolute Gasteiger partial charge is 0.426 e. The minimum absolute atomic E-state index is 0.219. The van der Waals surface area contributed by atoms with Crippen molar-refractivity contribution in [3.63, 3.8) is 0 Å². The van der Waals surface area contributed by atoms with E-state index in [4.69, 9.17) is 14.2 Å². The number of nitriles is 1. The number of aryl methyl sites for hydroxylation is 1. The molecule has 0 spiro atoms. The predicted octanol–water partition coefficient (Wildman–Crippen LogP) is 3.29. The maximum atomic E-state index is 9.06. The second-order valence-electron chi connectivity index (χ2n) is 6.20. The molecule has 1 saturated heterocycles. The summed E-state index contributed by atoms with van der Waals surface area (Å²) in [5, 5.41) is 13.2. The summed E-state index contributed by atoms with van der Waals surface area (Å²) in [5.41, 5.74) is 2.49. The van der Waals surface area contributed by atoms with E-state index >= 15 is 0 Å². The van der Waals surface area contributed by atoms with Crippen LogP contribution < -0.4 is 4.90 Å². The van der Waals surface area contributed by atoms with Crippen LogP contribution in [-0.4, -0.2) is 28.2 Å². The first-order chi connectivity index (χ1) is 12.2. The molecule has 0 atom stereocenters. The highest BCUT2D eigenvalue weighted by molar-refractivity contribution is 5.54. The van der Waals surface area contributed by atoms with Crippen molar-refractivity contribution < 1.29 is 8.94 Å². The molecule has 0 saturated carbocycles. The van der Waals surface area contributed by atoms with Crippen LogP contribution >= 0.6 is 0 Å². The fourth-order valence-electron chi connectivity index (χ4n) is 3.09. The molecule has 3 aromatic rings. The molecule has 7 heteroatoms. The molecule has 25 heavy (non-hydrogen) atoms. The Kier molecular flexibility index (Phi) is 3.94. The zero-order valence-corrected chi connectivity index (χ0v) is 13.8. The Morgan fingerprint density at radius 2 is 1.96 bits per heavy atom. The van der Waals surface area contributed by atoms with Gasteiger partial charge in [-0.15, -0.1) is 0 Å². The van der Waals surface area contributed by atoms with E-state index in [0.717, 1.165) is 31.5 Å². The predicted molar refractivity (Wildman–Crippen MR) is 89.9 cm³/mol. The van der Waals surface area contributed by atoms with Gasteiger partial charge in [-0.1, -0.05) is 35.0 Å². The van der Waals surface area contributed by atoms with Gasteiger partial charge < -0.3 is 13.8 Å². The van der Waals surface area contributed by atoms with E-state index in [2.05, 4.69) is 21.2 Å². The van der Waals surface area contributed by atoms with Gasteiger partial charge in [0, 0.05) is 24.6 Å². The first-order valence-electron chi connectivity index (χ1n) is 8.24. The highest BCUT2D eigenvalue weighted by Gasteiger charge is 2.28. The molecule has 0 N–H and O–H groups in total. The lowest BCUT2D eigenvalue weighted by Crippen LogP contribution is -2.33. The van der Waals surface area contributed by atoms with Gasteiger partial charge in [0.05, 0.1) is 0 Å². The Balaban J connectivity index is 1.45. The molecule has 7 nitrogen and oxygen atoms in total. The van der Waals surface area contributed by atoms with Gasteiger partial charge in [0.1, 0.15) is 6.07 Å². The molecule has 1 fully saturated rings. The lowest BCUT2D eigenvalue weighted by molar-refractivity contribution is 0.326. The topological polar surface area (TPSA) is 92.0 Å². The summed E-state index contributed by atoms with van der Waals surface area (Å²) < 4.78 is 10.8. The van der Waals surface area contributed by atoms with Crippen LogP contribution in [0.3, 0.4) is 0 Å². The van der Waals surface area contributed by atoms with Crippen molar-refractivity contribution in [2.45, 2.75) is 25.7 Å². The second kappa shape index (κ2) is 6.40. The lowest BCUT2D eigenvalue weighted by atomic mass is 9.97. The number of oxazole rings is 1. The Labute approximate surface area is 144 Å². The summed E-state index contributed by atoms with van der Waals surface area (Å²) in [6, 6.07) is 10.1. The average molecular weight is 335 g/mol. The molecule has 0 amide bonds. The van der Waals surface area contributed by atoms with Crippen molar-refractivity contribution >= 4 is 5.88 Å². The zero-order chi connectivity index (χ0) is 17.2. The van der Waals surface area contributed by atoms with Crippen molar-refractivity contribution in [3.8, 4) is 17.5 Å². The summed E-state index contributed by atoms with van der Waals surface area (Å²) >= 11 is 0. The quantitative estimate of drug-likeness (QED) is 0.725. The number of hydrogen-bond donors (Lipinski definition) is 0. The first-order valence-corrected chi connectivity index (χ1v) is 8.24. The molecule has 0 aliphatic carbocycles. The minimum atomic E-state index is 0.219.